The lowest BCUT2D eigenvalue weighted by atomic mass is 10.1. The first-order chi connectivity index (χ1) is 13.8. The summed E-state index contributed by atoms with van der Waals surface area (Å²) in [6, 6.07) is 4.97. The summed E-state index contributed by atoms with van der Waals surface area (Å²) in [5.41, 5.74) is 1.33. The molecule has 1 aromatic carbocycles. The summed E-state index contributed by atoms with van der Waals surface area (Å²) in [5, 5.41) is 11.6. The third-order valence-corrected chi connectivity index (χ3v) is 7.48. The number of hydrogen-bond donors (Lipinski definition) is 4. The number of rotatable bonds is 6. The molecule has 0 bridgehead atoms. The molecular weight excluding hydrogens is 418 g/mol. The Labute approximate surface area is 170 Å². The van der Waals surface area contributed by atoms with Crippen LogP contribution < -0.4 is 21.3 Å². The predicted molar refractivity (Wildman–Crippen MR) is 108 cm³/mol. The number of fused-ring (bicyclic) bond motifs is 1. The summed E-state index contributed by atoms with van der Waals surface area (Å²) in [6.45, 7) is 0.332. The van der Waals surface area contributed by atoms with Crippen LogP contribution in [0.5, 0.6) is 0 Å². The largest absolute Gasteiger partial charge is 0.355 e. The van der Waals surface area contributed by atoms with Gasteiger partial charge in [-0.15, -0.1) is 0 Å². The molecule has 12 heteroatoms. The molecule has 10 nitrogen and oxygen atoms in total. The Kier molecular flexibility index (Phi) is 5.13. The Morgan fingerprint density at radius 3 is 2.76 bits per heavy atom. The van der Waals surface area contributed by atoms with E-state index in [1.165, 1.54) is 11.3 Å². The normalized spacial score (nSPS) is 20.7. The van der Waals surface area contributed by atoms with Crippen molar-refractivity contribution in [2.45, 2.75) is 12.5 Å². The lowest BCUT2D eigenvalue weighted by Crippen LogP contribution is -2.54. The Morgan fingerprint density at radius 2 is 2.07 bits per heavy atom. The Morgan fingerprint density at radius 1 is 1.28 bits per heavy atom. The van der Waals surface area contributed by atoms with Crippen molar-refractivity contribution < 1.29 is 22.8 Å². The summed E-state index contributed by atoms with van der Waals surface area (Å²) < 4.78 is 23.1. The first kappa shape index (κ1) is 19.6. The van der Waals surface area contributed by atoms with E-state index in [0.717, 1.165) is 10.2 Å². The fraction of sp³-hybridized carbons (Fsp3) is 0.412. The molecule has 1 atom stereocenters. The maximum absolute atomic E-state index is 12.2. The van der Waals surface area contributed by atoms with Gasteiger partial charge < -0.3 is 21.3 Å². The smallest absolute Gasteiger partial charge is 0.239 e. The van der Waals surface area contributed by atoms with Crippen LogP contribution >= 0.6 is 11.3 Å². The number of amides is 3. The highest BCUT2D eigenvalue weighted by atomic mass is 32.2. The number of anilines is 2. The van der Waals surface area contributed by atoms with Crippen LogP contribution in [0.4, 0.5) is 10.8 Å². The van der Waals surface area contributed by atoms with Crippen molar-refractivity contribution >= 4 is 59.9 Å². The molecule has 0 spiro atoms. The first-order valence-electron chi connectivity index (χ1n) is 8.99. The maximum atomic E-state index is 12.2. The maximum Gasteiger partial charge on any atom is 0.239 e. The zero-order valence-electron chi connectivity index (χ0n) is 15.2. The van der Waals surface area contributed by atoms with E-state index in [1.54, 1.807) is 18.2 Å². The highest BCUT2D eigenvalue weighted by Gasteiger charge is 2.34. The molecule has 0 radical (unpaired) electrons. The van der Waals surface area contributed by atoms with Crippen LogP contribution in [0.1, 0.15) is 6.42 Å². The van der Waals surface area contributed by atoms with Gasteiger partial charge in [0.2, 0.25) is 17.7 Å². The number of aromatic nitrogens is 1. The zero-order chi connectivity index (χ0) is 20.6. The van der Waals surface area contributed by atoms with Gasteiger partial charge in [0.1, 0.15) is 0 Å². The van der Waals surface area contributed by atoms with Gasteiger partial charge in [-0.25, -0.2) is 13.4 Å². The Balaban J connectivity index is 1.32. The van der Waals surface area contributed by atoms with Crippen molar-refractivity contribution in [2.75, 3.05) is 35.2 Å². The molecule has 3 amide bonds. The summed E-state index contributed by atoms with van der Waals surface area (Å²) in [5.74, 6) is -1.03. The van der Waals surface area contributed by atoms with E-state index in [0.29, 0.717) is 17.4 Å². The fourth-order valence-corrected chi connectivity index (χ4v) is 5.39. The summed E-state index contributed by atoms with van der Waals surface area (Å²) in [6.07, 6.45) is 0.192. The average molecular weight is 438 g/mol. The standard InChI is InChI=1S/C17H19N5O5S2/c23-14-3-9(5-18-14)16(25)21-10-1-2-12-13(4-10)28-17(22-12)19-6-15(24)20-11-7-29(26,27)8-11/h1-2,4,9,11H,3,5-8H2,(H,18,23)(H,19,22)(H,20,24)(H,21,25)/t9-/m0/s1. The number of nitrogens with one attached hydrogen (secondary N) is 4. The second kappa shape index (κ2) is 7.59. The first-order valence-corrected chi connectivity index (χ1v) is 11.6. The quantitative estimate of drug-likeness (QED) is 0.485. The van der Waals surface area contributed by atoms with Crippen molar-refractivity contribution in [1.82, 2.24) is 15.6 Å². The monoisotopic (exact) mass is 437 g/mol. The van der Waals surface area contributed by atoms with E-state index in [9.17, 15) is 22.8 Å². The van der Waals surface area contributed by atoms with Crippen LogP contribution in [-0.4, -0.2) is 61.8 Å². The Bertz CT molecular complexity index is 1080. The van der Waals surface area contributed by atoms with Crippen molar-refractivity contribution in [3.05, 3.63) is 18.2 Å². The van der Waals surface area contributed by atoms with Gasteiger partial charge in [-0.05, 0) is 18.2 Å². The van der Waals surface area contributed by atoms with E-state index >= 15 is 0 Å². The SMILES string of the molecule is O=C1C[C@H](C(=O)Nc2ccc3nc(NCC(=O)NC4CS(=O)(=O)C4)sc3c2)CN1. The van der Waals surface area contributed by atoms with E-state index in [2.05, 4.69) is 26.3 Å². The van der Waals surface area contributed by atoms with Crippen molar-refractivity contribution in [1.29, 1.82) is 0 Å². The van der Waals surface area contributed by atoms with Crippen LogP contribution in [0.25, 0.3) is 10.2 Å². The molecule has 1 aromatic heterocycles. The van der Waals surface area contributed by atoms with Crippen LogP contribution in [0, 0.1) is 5.92 Å². The van der Waals surface area contributed by atoms with Gasteiger partial charge in [-0.1, -0.05) is 11.3 Å². The lowest BCUT2D eigenvalue weighted by molar-refractivity contribution is -0.123. The van der Waals surface area contributed by atoms with Crippen LogP contribution in [-0.2, 0) is 24.2 Å². The average Bonchev–Trinajstić information content (AvgIpc) is 3.24. The number of sulfone groups is 1. The third-order valence-electron chi connectivity index (χ3n) is 4.68. The highest BCUT2D eigenvalue weighted by molar-refractivity contribution is 7.92. The molecule has 2 aliphatic rings. The van der Waals surface area contributed by atoms with Crippen molar-refractivity contribution in [2.24, 2.45) is 5.92 Å². The van der Waals surface area contributed by atoms with Crippen molar-refractivity contribution in [3.8, 4) is 0 Å². The molecule has 154 valence electrons. The molecule has 2 aromatic rings. The molecular formula is C17H19N5O5S2. The summed E-state index contributed by atoms with van der Waals surface area (Å²) >= 11 is 1.34. The minimum absolute atomic E-state index is 0.0112. The van der Waals surface area contributed by atoms with Crippen LogP contribution in [0.15, 0.2) is 18.2 Å². The number of benzene rings is 1. The van der Waals surface area contributed by atoms with Gasteiger partial charge in [0.05, 0.1) is 40.2 Å². The summed E-state index contributed by atoms with van der Waals surface area (Å²) in [4.78, 5) is 39.8. The minimum Gasteiger partial charge on any atom is -0.355 e. The van der Waals surface area contributed by atoms with Gasteiger partial charge in [-0.2, -0.15) is 0 Å². The number of thiazole rings is 1. The molecule has 3 heterocycles. The second-order valence-electron chi connectivity index (χ2n) is 7.09. The molecule has 0 aliphatic carbocycles. The van der Waals surface area contributed by atoms with E-state index in [1.807, 2.05) is 0 Å². The van der Waals surface area contributed by atoms with Gasteiger partial charge in [0.25, 0.3) is 0 Å². The van der Waals surface area contributed by atoms with Gasteiger partial charge >= 0.3 is 0 Å². The second-order valence-corrected chi connectivity index (χ2v) is 10.3. The fourth-order valence-electron chi connectivity index (χ4n) is 3.20. The van der Waals surface area contributed by atoms with Crippen LogP contribution in [0.3, 0.4) is 0 Å². The van der Waals surface area contributed by atoms with Crippen LogP contribution in [0.2, 0.25) is 0 Å². The minimum atomic E-state index is -2.98. The predicted octanol–water partition coefficient (Wildman–Crippen LogP) is -0.304. The number of nitrogens with zero attached hydrogens (tertiary/aromatic N) is 1. The molecule has 0 saturated carbocycles. The van der Waals surface area contributed by atoms with Crippen molar-refractivity contribution in [3.63, 3.8) is 0 Å². The molecule has 2 saturated heterocycles. The van der Waals surface area contributed by atoms with E-state index < -0.39 is 9.84 Å². The summed E-state index contributed by atoms with van der Waals surface area (Å²) in [7, 11) is -2.98. The van der Waals surface area contributed by atoms with E-state index in [4.69, 9.17) is 0 Å². The molecule has 2 aliphatic heterocycles. The lowest BCUT2D eigenvalue weighted by Gasteiger charge is -2.26. The number of carbonyl (C=O) groups is 3. The third kappa shape index (κ3) is 4.65. The molecule has 4 N–H and O–H groups in total. The van der Waals surface area contributed by atoms with Gasteiger partial charge in [0.15, 0.2) is 15.0 Å². The number of hydrogen-bond acceptors (Lipinski definition) is 8. The zero-order valence-corrected chi connectivity index (χ0v) is 16.9. The molecule has 29 heavy (non-hydrogen) atoms. The number of carbonyl (C=O) groups excluding carboxylic acids is 3. The molecule has 0 unspecified atom stereocenters. The highest BCUT2D eigenvalue weighted by Crippen LogP contribution is 2.28. The molecule has 4 rings (SSSR count). The topological polar surface area (TPSA) is 146 Å². The van der Waals surface area contributed by atoms with E-state index in [-0.39, 0.29) is 54.2 Å². The Hall–Kier alpha value is -2.73. The molecule has 2 fully saturated rings. The van der Waals surface area contributed by atoms with Gasteiger partial charge in [0, 0.05) is 18.7 Å². The van der Waals surface area contributed by atoms with Gasteiger partial charge in [-0.3, -0.25) is 14.4 Å².